The molecule has 37 heavy (non-hydrogen) atoms. The van der Waals surface area contributed by atoms with Crippen molar-refractivity contribution in [3.8, 4) is 17.5 Å². The van der Waals surface area contributed by atoms with Gasteiger partial charge in [0.25, 0.3) is 5.69 Å². The summed E-state index contributed by atoms with van der Waals surface area (Å²) in [7, 11) is 0. The van der Waals surface area contributed by atoms with E-state index in [9.17, 15) is 19.6 Å². The average Bonchev–Trinajstić information content (AvgIpc) is 3.64. The minimum absolute atomic E-state index is 0.0122. The Balaban J connectivity index is 1.35. The normalized spacial score (nSPS) is 15.3. The molecular formula is C25H21FN6O4S. The zero-order valence-electron chi connectivity index (χ0n) is 19.4. The lowest BCUT2D eigenvalue weighted by molar-refractivity contribution is -0.384. The third-order valence-corrected chi connectivity index (χ3v) is 7.55. The van der Waals surface area contributed by atoms with Gasteiger partial charge in [-0.3, -0.25) is 15.0 Å². The van der Waals surface area contributed by atoms with Gasteiger partial charge in [-0.05, 0) is 29.8 Å². The molecule has 0 radical (unpaired) electrons. The van der Waals surface area contributed by atoms with Crippen LogP contribution in [0, 0.1) is 15.9 Å². The summed E-state index contributed by atoms with van der Waals surface area (Å²) < 4.78 is 21.1. The van der Waals surface area contributed by atoms with Gasteiger partial charge in [0.1, 0.15) is 5.82 Å². The SMILES string of the molecule is O=[N+]([O-])c1ccc(C(c2sc3nc(-c4ccco4)nn3c2O)N2CCN(c3ccccc3F)CC2)cc1. The van der Waals surface area contributed by atoms with Gasteiger partial charge in [0, 0.05) is 38.3 Å². The zero-order valence-corrected chi connectivity index (χ0v) is 20.2. The van der Waals surface area contributed by atoms with Crippen LogP contribution in [-0.2, 0) is 0 Å². The first kappa shape index (κ1) is 23.1. The molecule has 1 aliphatic rings. The first-order chi connectivity index (χ1) is 18.0. The monoisotopic (exact) mass is 520 g/mol. The Morgan fingerprint density at radius 3 is 2.46 bits per heavy atom. The number of furan rings is 1. The van der Waals surface area contributed by atoms with Crippen molar-refractivity contribution in [2.24, 2.45) is 0 Å². The number of nitrogens with zero attached hydrogens (tertiary/aromatic N) is 6. The van der Waals surface area contributed by atoms with Crippen LogP contribution in [0.3, 0.4) is 0 Å². The van der Waals surface area contributed by atoms with Crippen molar-refractivity contribution in [3.05, 3.63) is 93.3 Å². The van der Waals surface area contributed by atoms with Gasteiger partial charge in [-0.2, -0.15) is 9.50 Å². The number of anilines is 1. The molecule has 2 aromatic carbocycles. The van der Waals surface area contributed by atoms with Crippen LogP contribution in [0.5, 0.6) is 5.88 Å². The lowest BCUT2D eigenvalue weighted by Gasteiger charge is -2.40. The van der Waals surface area contributed by atoms with E-state index in [1.807, 2.05) is 11.0 Å². The maximum absolute atomic E-state index is 14.4. The highest BCUT2D eigenvalue weighted by atomic mass is 32.1. The van der Waals surface area contributed by atoms with Crippen LogP contribution in [0.1, 0.15) is 16.5 Å². The Morgan fingerprint density at radius 1 is 1.05 bits per heavy atom. The number of piperazine rings is 1. The van der Waals surface area contributed by atoms with E-state index in [-0.39, 0.29) is 17.4 Å². The fourth-order valence-corrected chi connectivity index (χ4v) is 5.79. The molecule has 1 unspecified atom stereocenters. The maximum Gasteiger partial charge on any atom is 0.269 e. The molecule has 0 saturated carbocycles. The van der Waals surface area contributed by atoms with Gasteiger partial charge < -0.3 is 14.4 Å². The number of halogens is 1. The molecule has 10 nitrogen and oxygen atoms in total. The highest BCUT2D eigenvalue weighted by molar-refractivity contribution is 7.17. The number of rotatable bonds is 6. The molecule has 5 aromatic rings. The molecule has 188 valence electrons. The summed E-state index contributed by atoms with van der Waals surface area (Å²) in [6, 6.07) is 16.1. The molecule has 1 saturated heterocycles. The van der Waals surface area contributed by atoms with Crippen molar-refractivity contribution in [1.82, 2.24) is 19.5 Å². The number of nitro benzene ring substituents is 1. The van der Waals surface area contributed by atoms with Gasteiger partial charge in [-0.15, -0.1) is 5.10 Å². The molecule has 3 aromatic heterocycles. The van der Waals surface area contributed by atoms with Crippen LogP contribution >= 0.6 is 11.3 Å². The number of hydrogen-bond donors (Lipinski definition) is 1. The number of non-ortho nitro benzene ring substituents is 1. The summed E-state index contributed by atoms with van der Waals surface area (Å²) in [6.45, 7) is 2.32. The second-order valence-corrected chi connectivity index (χ2v) is 9.63. The lowest BCUT2D eigenvalue weighted by Crippen LogP contribution is -2.48. The first-order valence-electron chi connectivity index (χ1n) is 11.6. The van der Waals surface area contributed by atoms with Crippen LogP contribution < -0.4 is 4.90 Å². The molecule has 0 aliphatic carbocycles. The molecule has 12 heteroatoms. The summed E-state index contributed by atoms with van der Waals surface area (Å²) in [4.78, 5) is 20.6. The van der Waals surface area contributed by atoms with Gasteiger partial charge in [-0.1, -0.05) is 35.6 Å². The predicted molar refractivity (Wildman–Crippen MR) is 135 cm³/mol. The number of para-hydroxylation sites is 1. The molecule has 6 rings (SSSR count). The van der Waals surface area contributed by atoms with E-state index >= 15 is 0 Å². The fourth-order valence-electron chi connectivity index (χ4n) is 4.67. The Hall–Kier alpha value is -4.29. The van der Waals surface area contributed by atoms with Crippen molar-refractivity contribution in [3.63, 3.8) is 0 Å². The van der Waals surface area contributed by atoms with Crippen LogP contribution in [0.25, 0.3) is 16.5 Å². The van der Waals surface area contributed by atoms with Crippen LogP contribution in [0.2, 0.25) is 0 Å². The largest absolute Gasteiger partial charge is 0.492 e. The van der Waals surface area contributed by atoms with Gasteiger partial charge in [0.15, 0.2) is 5.76 Å². The molecule has 1 fully saturated rings. The molecule has 4 heterocycles. The van der Waals surface area contributed by atoms with E-state index in [1.54, 1.807) is 36.4 Å². The molecule has 1 aliphatic heterocycles. The predicted octanol–water partition coefficient (Wildman–Crippen LogP) is 4.72. The van der Waals surface area contributed by atoms with Gasteiger partial charge in [0.05, 0.1) is 27.8 Å². The highest BCUT2D eigenvalue weighted by Gasteiger charge is 2.32. The molecule has 0 spiro atoms. The topological polar surface area (TPSA) is 113 Å². The van der Waals surface area contributed by atoms with Crippen LogP contribution in [-0.4, -0.2) is 55.7 Å². The van der Waals surface area contributed by atoms with E-state index in [1.165, 1.54) is 40.3 Å². The number of aromatic nitrogens is 3. The van der Waals surface area contributed by atoms with Crippen molar-refractivity contribution >= 4 is 27.7 Å². The first-order valence-corrected chi connectivity index (χ1v) is 12.4. The number of fused-ring (bicyclic) bond motifs is 1. The molecular weight excluding hydrogens is 499 g/mol. The Bertz CT molecular complexity index is 1560. The van der Waals surface area contributed by atoms with Gasteiger partial charge in [-0.25, -0.2) is 4.39 Å². The molecule has 1 N–H and O–H groups in total. The van der Waals surface area contributed by atoms with Crippen LogP contribution in [0.15, 0.2) is 71.3 Å². The van der Waals surface area contributed by atoms with E-state index in [0.29, 0.717) is 53.3 Å². The zero-order chi connectivity index (χ0) is 25.5. The van der Waals surface area contributed by atoms with Crippen molar-refractivity contribution in [2.45, 2.75) is 6.04 Å². The summed E-state index contributed by atoms with van der Waals surface area (Å²) in [5.74, 6) is 0.542. The maximum atomic E-state index is 14.4. The summed E-state index contributed by atoms with van der Waals surface area (Å²) in [5, 5.41) is 26.8. The smallest absolute Gasteiger partial charge is 0.269 e. The Labute approximate surface area is 214 Å². The second kappa shape index (κ2) is 9.30. The molecule has 0 amide bonds. The summed E-state index contributed by atoms with van der Waals surface area (Å²) in [6.07, 6.45) is 1.53. The van der Waals surface area contributed by atoms with E-state index in [0.717, 1.165) is 5.56 Å². The lowest BCUT2D eigenvalue weighted by atomic mass is 10.0. The minimum atomic E-state index is -0.442. The van der Waals surface area contributed by atoms with Crippen molar-refractivity contribution < 1.29 is 18.8 Å². The minimum Gasteiger partial charge on any atom is -0.492 e. The second-order valence-electron chi connectivity index (χ2n) is 8.62. The quantitative estimate of drug-likeness (QED) is 0.253. The standard InChI is InChI=1S/C25H21FN6O4S/c26-18-4-1-2-5-19(18)29-11-13-30(14-12-29)21(16-7-9-17(10-8-16)32(34)35)22-24(33)31-25(37-22)27-23(28-31)20-6-3-15-36-20/h1-10,15,21,33H,11-14H2. The van der Waals surface area contributed by atoms with E-state index in [4.69, 9.17) is 4.42 Å². The fraction of sp³-hybridized carbons (Fsp3) is 0.200. The Morgan fingerprint density at radius 2 is 1.81 bits per heavy atom. The van der Waals surface area contributed by atoms with Gasteiger partial charge in [0.2, 0.25) is 16.7 Å². The molecule has 1 atom stereocenters. The number of nitro groups is 1. The van der Waals surface area contributed by atoms with Crippen molar-refractivity contribution in [2.75, 3.05) is 31.1 Å². The van der Waals surface area contributed by atoms with E-state index in [2.05, 4.69) is 15.0 Å². The summed E-state index contributed by atoms with van der Waals surface area (Å²) >= 11 is 1.30. The summed E-state index contributed by atoms with van der Waals surface area (Å²) in [5.41, 5.74) is 1.33. The highest BCUT2D eigenvalue weighted by Crippen LogP contribution is 2.41. The Kier molecular flexibility index (Phi) is 5.81. The number of benzene rings is 2. The third-order valence-electron chi connectivity index (χ3n) is 6.48. The van der Waals surface area contributed by atoms with Gasteiger partial charge >= 0.3 is 0 Å². The third kappa shape index (κ3) is 4.19. The number of thiazole rings is 1. The van der Waals surface area contributed by atoms with E-state index < -0.39 is 11.0 Å². The molecule has 0 bridgehead atoms. The number of aromatic hydroxyl groups is 1. The number of hydrogen-bond acceptors (Lipinski definition) is 9. The van der Waals surface area contributed by atoms with Crippen molar-refractivity contribution in [1.29, 1.82) is 0 Å². The van der Waals surface area contributed by atoms with Crippen LogP contribution in [0.4, 0.5) is 15.8 Å². The average molecular weight is 521 g/mol.